The Hall–Kier alpha value is -0.850. The van der Waals surface area contributed by atoms with Crippen LogP contribution in [0, 0.1) is 29.1 Å². The van der Waals surface area contributed by atoms with Crippen molar-refractivity contribution < 1.29 is 9.59 Å². The number of unbranched alkanes of at least 4 members (excludes halogenated alkanes) is 1. The monoisotopic (exact) mass is 524 g/mol. The molecule has 0 aromatic heterocycles. The van der Waals surface area contributed by atoms with Gasteiger partial charge in [-0.15, -0.1) is 11.6 Å². The largest absolute Gasteiger partial charge is 0.344 e. The highest BCUT2D eigenvalue weighted by atomic mass is 35.5. The van der Waals surface area contributed by atoms with Gasteiger partial charge in [-0.25, -0.2) is 0 Å². The first-order valence-corrected chi connectivity index (χ1v) is 15.0. The highest BCUT2D eigenvalue weighted by molar-refractivity contribution is 6.20. The third kappa shape index (κ3) is 8.07. The molecule has 3 fully saturated rings. The smallest absolute Gasteiger partial charge is 0.245 e. The average Bonchev–Trinajstić information content (AvgIpc) is 3.29. The van der Waals surface area contributed by atoms with Crippen molar-refractivity contribution in [2.75, 3.05) is 53.4 Å². The van der Waals surface area contributed by atoms with Gasteiger partial charge in [-0.05, 0) is 108 Å². The Morgan fingerprint density at radius 1 is 1.03 bits per heavy atom. The molecule has 0 unspecified atom stereocenters. The van der Waals surface area contributed by atoms with Crippen LogP contribution in [0.1, 0.15) is 79.1 Å². The Morgan fingerprint density at radius 2 is 1.72 bits per heavy atom. The van der Waals surface area contributed by atoms with E-state index in [9.17, 15) is 9.59 Å². The number of halogens is 1. The molecule has 1 N–H and O–H groups in total. The van der Waals surface area contributed by atoms with E-state index in [1.807, 2.05) is 4.90 Å². The molecule has 1 aliphatic carbocycles. The van der Waals surface area contributed by atoms with Gasteiger partial charge in [0.1, 0.15) is 6.04 Å². The topological polar surface area (TPSA) is 55.9 Å². The molecular weight excluding hydrogens is 472 g/mol. The molecule has 2 aliphatic heterocycles. The van der Waals surface area contributed by atoms with E-state index < -0.39 is 6.04 Å². The van der Waals surface area contributed by atoms with Crippen molar-refractivity contribution in [1.82, 2.24) is 20.0 Å². The molecule has 3 aliphatic rings. The third-order valence-electron chi connectivity index (χ3n) is 9.10. The number of hydrogen-bond acceptors (Lipinski definition) is 4. The van der Waals surface area contributed by atoms with Gasteiger partial charge in [0.2, 0.25) is 11.8 Å². The molecule has 0 radical (unpaired) electrons. The molecule has 6 nitrogen and oxygen atoms in total. The third-order valence-corrected chi connectivity index (χ3v) is 9.53. The summed E-state index contributed by atoms with van der Waals surface area (Å²) < 4.78 is 0. The van der Waals surface area contributed by atoms with Crippen LogP contribution in [-0.4, -0.2) is 91.3 Å². The molecule has 2 heterocycles. The number of carbonyl (C=O) groups excluding carboxylic acids is 2. The molecule has 36 heavy (non-hydrogen) atoms. The minimum Gasteiger partial charge on any atom is -0.344 e. The maximum Gasteiger partial charge on any atom is 0.245 e. The second kappa shape index (κ2) is 13.3. The number of hydrogen-bond donors (Lipinski definition) is 1. The predicted molar refractivity (Wildman–Crippen MR) is 149 cm³/mol. The summed E-state index contributed by atoms with van der Waals surface area (Å²) in [7, 11) is 4.22. The Morgan fingerprint density at radius 3 is 2.33 bits per heavy atom. The summed E-state index contributed by atoms with van der Waals surface area (Å²) in [5, 5.41) is 3.53. The van der Waals surface area contributed by atoms with Crippen LogP contribution in [0.4, 0.5) is 0 Å². The van der Waals surface area contributed by atoms with Crippen LogP contribution >= 0.6 is 11.6 Å². The molecule has 1 saturated carbocycles. The molecule has 0 spiro atoms. The van der Waals surface area contributed by atoms with Crippen LogP contribution in [0.3, 0.4) is 0 Å². The Kier molecular flexibility index (Phi) is 11.0. The molecule has 0 aromatic rings. The second-order valence-corrected chi connectivity index (χ2v) is 13.8. The van der Waals surface area contributed by atoms with E-state index >= 15 is 0 Å². The van der Waals surface area contributed by atoms with Crippen LogP contribution in [0.5, 0.6) is 0 Å². The fourth-order valence-electron chi connectivity index (χ4n) is 6.91. The van der Waals surface area contributed by atoms with Crippen LogP contribution in [0.25, 0.3) is 0 Å². The van der Waals surface area contributed by atoms with E-state index in [2.05, 4.69) is 56.9 Å². The van der Waals surface area contributed by atoms with Crippen LogP contribution in [0.2, 0.25) is 0 Å². The fraction of sp³-hybridized carbons (Fsp3) is 0.931. The van der Waals surface area contributed by atoms with Crippen molar-refractivity contribution in [1.29, 1.82) is 0 Å². The maximum atomic E-state index is 13.7. The lowest BCUT2D eigenvalue weighted by atomic mass is 9.64. The zero-order valence-corrected chi connectivity index (χ0v) is 24.7. The van der Waals surface area contributed by atoms with Gasteiger partial charge < -0.3 is 20.0 Å². The highest BCUT2D eigenvalue weighted by Gasteiger charge is 2.44. The number of nitrogens with zero attached hydrogens (tertiary/aromatic N) is 3. The Labute approximate surface area is 225 Å². The Balaban J connectivity index is 1.51. The minimum atomic E-state index is -0.439. The number of piperidine rings is 1. The van der Waals surface area contributed by atoms with E-state index in [4.69, 9.17) is 11.6 Å². The van der Waals surface area contributed by atoms with Gasteiger partial charge in [-0.2, -0.15) is 0 Å². The molecule has 0 aromatic carbocycles. The lowest BCUT2D eigenvalue weighted by Gasteiger charge is -2.49. The van der Waals surface area contributed by atoms with Crippen LogP contribution in [-0.2, 0) is 9.59 Å². The molecular formula is C29H53ClN4O2. The number of amides is 2. The summed E-state index contributed by atoms with van der Waals surface area (Å²) in [4.78, 5) is 33.6. The van der Waals surface area contributed by atoms with Crippen molar-refractivity contribution >= 4 is 23.4 Å². The predicted octanol–water partition coefficient (Wildman–Crippen LogP) is 4.46. The second-order valence-electron chi connectivity index (χ2n) is 13.2. The van der Waals surface area contributed by atoms with Crippen molar-refractivity contribution in [3.05, 3.63) is 0 Å². The number of rotatable bonds is 10. The van der Waals surface area contributed by atoms with Crippen LogP contribution in [0.15, 0.2) is 0 Å². The maximum absolute atomic E-state index is 13.7. The van der Waals surface area contributed by atoms with E-state index in [1.165, 1.54) is 25.7 Å². The number of nitrogens with one attached hydrogen (secondary N) is 1. The summed E-state index contributed by atoms with van der Waals surface area (Å²) in [5.41, 5.74) is 0.0851. The van der Waals surface area contributed by atoms with Gasteiger partial charge in [0, 0.05) is 25.0 Å². The highest BCUT2D eigenvalue weighted by Crippen LogP contribution is 2.45. The number of likely N-dealkylation sites (tertiary alicyclic amines) is 2. The van der Waals surface area contributed by atoms with Gasteiger partial charge in [0.05, 0.1) is 5.92 Å². The molecule has 3 atom stereocenters. The first kappa shape index (κ1) is 29.7. The van der Waals surface area contributed by atoms with E-state index in [0.29, 0.717) is 11.3 Å². The zero-order valence-electron chi connectivity index (χ0n) is 23.9. The van der Waals surface area contributed by atoms with Crippen molar-refractivity contribution in [2.45, 2.75) is 90.5 Å². The molecule has 2 amide bonds. The average molecular weight is 525 g/mol. The van der Waals surface area contributed by atoms with Gasteiger partial charge in [0.15, 0.2) is 0 Å². The van der Waals surface area contributed by atoms with Crippen molar-refractivity contribution in [2.24, 2.45) is 29.1 Å². The zero-order chi connectivity index (χ0) is 26.5. The number of carbonyl (C=O) groups is 2. The SMILES string of the molecule is CC(C)[C@@H](NC(=O)[C@@H]1CCN(CCCCN(C)C)C1)C(=O)N1CC[C@H](C2CCC(Cl)CC2)C(C)(C)C1. The summed E-state index contributed by atoms with van der Waals surface area (Å²) in [6, 6.07) is -0.439. The summed E-state index contributed by atoms with van der Waals surface area (Å²) in [6.07, 6.45) is 8.98. The molecule has 2 saturated heterocycles. The quantitative estimate of drug-likeness (QED) is 0.338. The molecule has 3 rings (SSSR count). The van der Waals surface area contributed by atoms with E-state index in [1.54, 1.807) is 0 Å². The van der Waals surface area contributed by atoms with Crippen LogP contribution < -0.4 is 5.32 Å². The Bertz CT molecular complexity index is 720. The summed E-state index contributed by atoms with van der Waals surface area (Å²) >= 11 is 6.36. The van der Waals surface area contributed by atoms with E-state index in [-0.39, 0.29) is 29.1 Å². The first-order chi connectivity index (χ1) is 17.0. The normalized spacial score (nSPS) is 30.1. The fourth-order valence-corrected chi connectivity index (χ4v) is 7.16. The molecule has 7 heteroatoms. The lowest BCUT2D eigenvalue weighted by Crippen LogP contribution is -2.57. The van der Waals surface area contributed by atoms with Gasteiger partial charge in [0.25, 0.3) is 0 Å². The first-order valence-electron chi connectivity index (χ1n) is 14.6. The van der Waals surface area contributed by atoms with Crippen molar-refractivity contribution in [3.8, 4) is 0 Å². The van der Waals surface area contributed by atoms with Gasteiger partial charge in [-0.3, -0.25) is 9.59 Å². The van der Waals surface area contributed by atoms with Crippen molar-refractivity contribution in [3.63, 3.8) is 0 Å². The van der Waals surface area contributed by atoms with Gasteiger partial charge in [-0.1, -0.05) is 27.7 Å². The number of alkyl halides is 1. The summed E-state index contributed by atoms with van der Waals surface area (Å²) in [5.74, 6) is 1.59. The minimum absolute atomic E-state index is 0.00728. The summed E-state index contributed by atoms with van der Waals surface area (Å²) in [6.45, 7) is 14.3. The molecule has 208 valence electrons. The van der Waals surface area contributed by atoms with E-state index in [0.717, 1.165) is 70.9 Å². The standard InChI is InChI=1S/C29H53ClN4O2/c1-21(2)26(31-27(35)23-13-17-33(19-23)16-8-7-15-32(5)6)28(36)34-18-14-25(29(3,4)20-34)22-9-11-24(30)12-10-22/h21-26H,7-20H2,1-6H3,(H,31,35)/t22?,23-,24?,25-,26-/m1/s1. The lowest BCUT2D eigenvalue weighted by molar-refractivity contribution is -0.143. The van der Waals surface area contributed by atoms with Gasteiger partial charge >= 0.3 is 0 Å². The molecule has 0 bridgehead atoms.